The Balaban J connectivity index is 0.000000810. The molecular formula is C6H4ClFIZn. The fourth-order valence-electron chi connectivity index (χ4n) is 0.522. The SMILES string of the molecule is Fc1cc[c]([Zn])c(Cl)c1.I. The van der Waals surface area contributed by atoms with E-state index in [0.717, 1.165) is 22.5 Å². The number of halogens is 3. The third kappa shape index (κ3) is 2.81. The van der Waals surface area contributed by atoms with E-state index in [0.29, 0.717) is 5.02 Å². The van der Waals surface area contributed by atoms with Crippen LogP contribution in [-0.2, 0) is 18.3 Å². The average molecular weight is 323 g/mol. The normalized spacial score (nSPS) is 8.80. The van der Waals surface area contributed by atoms with E-state index in [2.05, 4.69) is 0 Å². The van der Waals surface area contributed by atoms with Crippen molar-refractivity contribution in [2.75, 3.05) is 0 Å². The van der Waals surface area contributed by atoms with Gasteiger partial charge in [-0.25, -0.2) is 0 Å². The molecule has 0 amide bonds. The molecule has 0 nitrogen and oxygen atoms in total. The minimum absolute atomic E-state index is 0. The summed E-state index contributed by atoms with van der Waals surface area (Å²) < 4.78 is 13.3. The van der Waals surface area contributed by atoms with Gasteiger partial charge in [-0.1, -0.05) is 0 Å². The maximum Gasteiger partial charge on any atom is -0.107 e. The number of rotatable bonds is 0. The Labute approximate surface area is 90.8 Å². The van der Waals surface area contributed by atoms with Gasteiger partial charge in [0, 0.05) is 0 Å². The predicted molar refractivity (Wildman–Crippen MR) is 46.5 cm³/mol. The van der Waals surface area contributed by atoms with E-state index in [1.807, 2.05) is 0 Å². The van der Waals surface area contributed by atoms with E-state index in [9.17, 15) is 4.39 Å². The molecule has 0 fully saturated rings. The van der Waals surface area contributed by atoms with E-state index in [-0.39, 0.29) is 29.8 Å². The van der Waals surface area contributed by atoms with Gasteiger partial charge in [-0.15, -0.1) is 24.0 Å². The molecule has 1 aromatic carbocycles. The van der Waals surface area contributed by atoms with Gasteiger partial charge in [0.05, 0.1) is 0 Å². The van der Waals surface area contributed by atoms with Gasteiger partial charge in [0.1, 0.15) is 0 Å². The van der Waals surface area contributed by atoms with Crippen molar-refractivity contribution < 1.29 is 22.7 Å². The topological polar surface area (TPSA) is 0 Å². The Morgan fingerprint density at radius 3 is 2.40 bits per heavy atom. The summed E-state index contributed by atoms with van der Waals surface area (Å²) in [5, 5.41) is 0.537. The summed E-state index contributed by atoms with van der Waals surface area (Å²) >= 11 is 6.58. The summed E-state index contributed by atoms with van der Waals surface area (Å²) in [6, 6.07) is 4.46. The Morgan fingerprint density at radius 2 is 2.00 bits per heavy atom. The summed E-state index contributed by atoms with van der Waals surface area (Å²) in [7, 11) is 0. The molecule has 0 radical (unpaired) electrons. The van der Waals surface area contributed by atoms with Crippen molar-refractivity contribution in [1.82, 2.24) is 0 Å². The Kier molecular flexibility index (Phi) is 4.99. The molecule has 0 aliphatic rings. The first kappa shape index (κ1) is 10.8. The molecule has 1 aromatic rings. The van der Waals surface area contributed by atoms with E-state index < -0.39 is 0 Å². The van der Waals surface area contributed by atoms with Crippen molar-refractivity contribution in [3.63, 3.8) is 0 Å². The number of benzene rings is 1. The van der Waals surface area contributed by atoms with Crippen LogP contribution in [0.25, 0.3) is 0 Å². The molecule has 0 atom stereocenters. The van der Waals surface area contributed by atoms with Crippen LogP contribution in [-0.4, -0.2) is 0 Å². The summed E-state index contributed by atoms with van der Waals surface area (Å²) in [4.78, 5) is 0. The van der Waals surface area contributed by atoms with Crippen molar-refractivity contribution in [2.24, 2.45) is 0 Å². The molecule has 0 heterocycles. The monoisotopic (exact) mass is 321 g/mol. The van der Waals surface area contributed by atoms with E-state index in [4.69, 9.17) is 11.6 Å². The fraction of sp³-hybridized carbons (Fsp3) is 0. The van der Waals surface area contributed by atoms with Gasteiger partial charge in [0.2, 0.25) is 0 Å². The minimum Gasteiger partial charge on any atom is -0.107 e. The van der Waals surface area contributed by atoms with Crippen molar-refractivity contribution in [2.45, 2.75) is 0 Å². The Bertz CT molecular complexity index is 229. The summed E-state index contributed by atoms with van der Waals surface area (Å²) in [6.07, 6.45) is 0. The van der Waals surface area contributed by atoms with Crippen molar-refractivity contribution >= 4 is 39.7 Å². The van der Waals surface area contributed by atoms with Gasteiger partial charge in [-0.05, 0) is 0 Å². The zero-order valence-corrected chi connectivity index (χ0v) is 11.2. The second-order valence-electron chi connectivity index (χ2n) is 1.74. The number of hydrogen-bond acceptors (Lipinski definition) is 0. The average Bonchev–Trinajstić information content (AvgIpc) is 1.80. The molecular weight excluding hydrogens is 319 g/mol. The van der Waals surface area contributed by atoms with Crippen molar-refractivity contribution in [3.05, 3.63) is 29.0 Å². The third-order valence-corrected chi connectivity index (χ3v) is 3.13. The third-order valence-electron chi connectivity index (χ3n) is 1.02. The van der Waals surface area contributed by atoms with Crippen LogP contribution in [0, 0.1) is 5.82 Å². The first-order chi connectivity index (χ1) is 4.20. The van der Waals surface area contributed by atoms with Crippen LogP contribution >= 0.6 is 35.6 Å². The van der Waals surface area contributed by atoms with Gasteiger partial charge in [0.15, 0.2) is 0 Å². The molecule has 0 aliphatic carbocycles. The smallest absolute Gasteiger partial charge is 0.107 e. The molecule has 1 rings (SSSR count). The van der Waals surface area contributed by atoms with Crippen LogP contribution in [0.4, 0.5) is 4.39 Å². The van der Waals surface area contributed by atoms with Crippen molar-refractivity contribution in [1.29, 1.82) is 0 Å². The van der Waals surface area contributed by atoms with Gasteiger partial charge in [-0.3, -0.25) is 0 Å². The van der Waals surface area contributed by atoms with E-state index in [1.54, 1.807) is 6.07 Å². The largest absolute Gasteiger partial charge is 0.107 e. The maximum absolute atomic E-state index is 12.3. The molecule has 4 heteroatoms. The fourth-order valence-corrected chi connectivity index (χ4v) is 1.15. The van der Waals surface area contributed by atoms with Crippen LogP contribution < -0.4 is 4.16 Å². The standard InChI is InChI=1S/C6H3ClF.HI.Zn/c7-5-2-1-3-6(8)4-5;;/h1,3-4H;1H;. The van der Waals surface area contributed by atoms with E-state index in [1.165, 1.54) is 12.1 Å². The first-order valence-corrected chi connectivity index (χ1v) is 4.33. The molecule has 0 aliphatic heterocycles. The van der Waals surface area contributed by atoms with Gasteiger partial charge in [-0.2, -0.15) is 0 Å². The van der Waals surface area contributed by atoms with Crippen LogP contribution in [0.1, 0.15) is 0 Å². The zero-order chi connectivity index (χ0) is 6.85. The molecule has 51 valence electrons. The summed E-state index contributed by atoms with van der Waals surface area (Å²) in [6.45, 7) is 0. The molecule has 0 saturated carbocycles. The second-order valence-corrected chi connectivity index (χ2v) is 3.74. The molecule has 0 N–H and O–H groups in total. The Morgan fingerprint density at radius 1 is 1.40 bits per heavy atom. The Hall–Kier alpha value is 0.793. The second kappa shape index (κ2) is 4.63. The summed E-state index contributed by atoms with van der Waals surface area (Å²) in [5.41, 5.74) is 0. The van der Waals surface area contributed by atoms with Gasteiger partial charge >= 0.3 is 67.5 Å². The zero-order valence-electron chi connectivity index (χ0n) is 5.10. The molecule has 0 aromatic heterocycles. The minimum atomic E-state index is -0.266. The van der Waals surface area contributed by atoms with Gasteiger partial charge < -0.3 is 0 Å². The molecule has 0 saturated heterocycles. The van der Waals surface area contributed by atoms with Crippen LogP contribution in [0.5, 0.6) is 0 Å². The maximum atomic E-state index is 12.3. The first-order valence-electron chi connectivity index (χ1n) is 2.47. The quantitative estimate of drug-likeness (QED) is 0.508. The molecule has 10 heavy (non-hydrogen) atoms. The molecule has 0 bridgehead atoms. The summed E-state index contributed by atoms with van der Waals surface area (Å²) in [5.74, 6) is -0.266. The molecule has 0 unspecified atom stereocenters. The van der Waals surface area contributed by atoms with Crippen LogP contribution in [0.15, 0.2) is 18.2 Å². The van der Waals surface area contributed by atoms with E-state index >= 15 is 0 Å². The predicted octanol–water partition coefficient (Wildman–Crippen LogP) is 2.27. The van der Waals surface area contributed by atoms with Crippen LogP contribution in [0.2, 0.25) is 5.02 Å². The van der Waals surface area contributed by atoms with Crippen LogP contribution in [0.3, 0.4) is 0 Å². The van der Waals surface area contributed by atoms with Crippen molar-refractivity contribution in [3.8, 4) is 0 Å². The van der Waals surface area contributed by atoms with Gasteiger partial charge in [0.25, 0.3) is 0 Å². The molecule has 0 spiro atoms. The number of hydrogen-bond donors (Lipinski definition) is 0.